The molecule has 30 heavy (non-hydrogen) atoms. The van der Waals surface area contributed by atoms with E-state index < -0.39 is 11.8 Å². The Hall–Kier alpha value is -3.48. The molecule has 0 aliphatic rings. The van der Waals surface area contributed by atoms with Crippen LogP contribution in [0.3, 0.4) is 0 Å². The third kappa shape index (κ3) is 4.92. The molecule has 0 unspecified atom stereocenters. The number of pyridine rings is 1. The molecule has 0 aliphatic heterocycles. The Morgan fingerprint density at radius 1 is 1.03 bits per heavy atom. The van der Waals surface area contributed by atoms with Crippen LogP contribution in [0.15, 0.2) is 48.5 Å². The molecular formula is C23H24FN3O3. The third-order valence-corrected chi connectivity index (χ3v) is 4.82. The molecular weight excluding hydrogens is 385 g/mol. The van der Waals surface area contributed by atoms with Crippen LogP contribution in [0.5, 0.6) is 0 Å². The van der Waals surface area contributed by atoms with Crippen molar-refractivity contribution >= 4 is 28.5 Å². The number of hydrogen-bond donors (Lipinski definition) is 0. The lowest BCUT2D eigenvalue weighted by Gasteiger charge is -2.18. The molecule has 2 aromatic carbocycles. The monoisotopic (exact) mass is 409 g/mol. The minimum Gasteiger partial charge on any atom is -0.452 e. The largest absolute Gasteiger partial charge is 0.452 e. The summed E-state index contributed by atoms with van der Waals surface area (Å²) in [7, 11) is 5.58. The third-order valence-electron chi connectivity index (χ3n) is 4.82. The van der Waals surface area contributed by atoms with Crippen molar-refractivity contribution < 1.29 is 18.7 Å². The van der Waals surface area contributed by atoms with Crippen LogP contribution in [0.2, 0.25) is 0 Å². The van der Waals surface area contributed by atoms with Crippen LogP contribution in [0, 0.1) is 12.7 Å². The van der Waals surface area contributed by atoms with Gasteiger partial charge < -0.3 is 14.5 Å². The number of hydrogen-bond acceptors (Lipinski definition) is 5. The summed E-state index contributed by atoms with van der Waals surface area (Å²) >= 11 is 0. The zero-order valence-corrected chi connectivity index (χ0v) is 17.5. The van der Waals surface area contributed by atoms with Crippen molar-refractivity contribution in [1.82, 2.24) is 9.88 Å². The molecule has 1 amide bonds. The lowest BCUT2D eigenvalue weighted by atomic mass is 10.1. The number of carbonyl (C=O) groups is 2. The molecule has 0 saturated carbocycles. The average Bonchev–Trinajstić information content (AvgIpc) is 2.71. The number of carbonyl (C=O) groups excluding carboxylic acids is 2. The van der Waals surface area contributed by atoms with Crippen LogP contribution >= 0.6 is 0 Å². The number of halogens is 1. The average molecular weight is 409 g/mol. The van der Waals surface area contributed by atoms with Gasteiger partial charge in [0.25, 0.3) is 5.91 Å². The van der Waals surface area contributed by atoms with E-state index in [2.05, 4.69) is 4.98 Å². The van der Waals surface area contributed by atoms with Gasteiger partial charge in [-0.25, -0.2) is 9.18 Å². The van der Waals surface area contributed by atoms with Crippen molar-refractivity contribution in [3.05, 3.63) is 71.2 Å². The van der Waals surface area contributed by atoms with Crippen LogP contribution in [0.1, 0.15) is 21.6 Å². The highest BCUT2D eigenvalue weighted by Crippen LogP contribution is 2.19. The van der Waals surface area contributed by atoms with Crippen molar-refractivity contribution in [1.29, 1.82) is 0 Å². The quantitative estimate of drug-likeness (QED) is 0.583. The second-order valence-electron chi connectivity index (χ2n) is 7.35. The molecule has 0 saturated heterocycles. The summed E-state index contributed by atoms with van der Waals surface area (Å²) in [6.07, 6.45) is 0. The van der Waals surface area contributed by atoms with Gasteiger partial charge in [-0.1, -0.05) is 12.1 Å². The van der Waals surface area contributed by atoms with Crippen LogP contribution in [0.4, 0.5) is 10.1 Å². The number of nitrogens with zero attached hydrogens (tertiary/aromatic N) is 3. The van der Waals surface area contributed by atoms with Gasteiger partial charge in [-0.15, -0.1) is 0 Å². The Morgan fingerprint density at radius 3 is 2.40 bits per heavy atom. The topological polar surface area (TPSA) is 62.7 Å². The SMILES string of the molecule is Cc1nc2cc(F)ccc2cc1C(=O)OCC(=O)N(C)Cc1ccc(N(C)C)cc1. The molecule has 7 heteroatoms. The van der Waals surface area contributed by atoms with E-state index in [1.807, 2.05) is 43.3 Å². The molecule has 6 nitrogen and oxygen atoms in total. The first-order valence-corrected chi connectivity index (χ1v) is 9.49. The summed E-state index contributed by atoms with van der Waals surface area (Å²) < 4.78 is 18.5. The molecule has 0 fully saturated rings. The summed E-state index contributed by atoms with van der Waals surface area (Å²) in [5, 5.41) is 0.624. The summed E-state index contributed by atoms with van der Waals surface area (Å²) in [6, 6.07) is 13.6. The van der Waals surface area contributed by atoms with Gasteiger partial charge in [0.1, 0.15) is 5.82 Å². The maximum atomic E-state index is 13.3. The van der Waals surface area contributed by atoms with Gasteiger partial charge >= 0.3 is 5.97 Å². The van der Waals surface area contributed by atoms with E-state index in [-0.39, 0.29) is 18.1 Å². The smallest absolute Gasteiger partial charge is 0.340 e. The number of aromatic nitrogens is 1. The van der Waals surface area contributed by atoms with Crippen molar-refractivity contribution in [2.24, 2.45) is 0 Å². The van der Waals surface area contributed by atoms with Gasteiger partial charge in [0.15, 0.2) is 6.61 Å². The Labute approximate surface area is 174 Å². The molecule has 3 rings (SSSR count). The van der Waals surface area contributed by atoms with E-state index in [1.165, 1.54) is 17.0 Å². The molecule has 0 bridgehead atoms. The van der Waals surface area contributed by atoms with Gasteiger partial charge in [-0.05, 0) is 42.8 Å². The number of ether oxygens (including phenoxy) is 1. The van der Waals surface area contributed by atoms with Crippen LogP contribution < -0.4 is 4.90 Å². The van der Waals surface area contributed by atoms with Gasteiger partial charge in [0, 0.05) is 44.8 Å². The maximum Gasteiger partial charge on any atom is 0.340 e. The fraction of sp³-hybridized carbons (Fsp3) is 0.261. The predicted molar refractivity (Wildman–Crippen MR) is 114 cm³/mol. The number of anilines is 1. The second kappa shape index (κ2) is 8.90. The zero-order chi connectivity index (χ0) is 21.8. The standard InChI is InChI=1S/C23H24FN3O3/c1-15-20(11-17-7-8-18(24)12-21(17)25-15)23(29)30-14-22(28)27(4)13-16-5-9-19(10-6-16)26(2)3/h5-12H,13-14H2,1-4H3. The van der Waals surface area contributed by atoms with Gasteiger partial charge in [-0.3, -0.25) is 9.78 Å². The van der Waals surface area contributed by atoms with Gasteiger partial charge in [-0.2, -0.15) is 0 Å². The number of benzene rings is 2. The number of esters is 1. The lowest BCUT2D eigenvalue weighted by Crippen LogP contribution is -2.31. The minimum atomic E-state index is -0.636. The van der Waals surface area contributed by atoms with Crippen molar-refractivity contribution in [2.75, 3.05) is 32.6 Å². The number of aryl methyl sites for hydroxylation is 1. The number of amides is 1. The number of rotatable bonds is 6. The molecule has 3 aromatic rings. The highest BCUT2D eigenvalue weighted by Gasteiger charge is 2.17. The van der Waals surface area contributed by atoms with Crippen LogP contribution in [-0.4, -0.2) is 49.5 Å². The van der Waals surface area contributed by atoms with Crippen molar-refractivity contribution in [2.45, 2.75) is 13.5 Å². The minimum absolute atomic E-state index is 0.254. The zero-order valence-electron chi connectivity index (χ0n) is 17.5. The molecule has 0 spiro atoms. The van der Waals surface area contributed by atoms with E-state index in [4.69, 9.17) is 4.74 Å². The molecule has 0 radical (unpaired) electrons. The number of likely N-dealkylation sites (N-methyl/N-ethyl adjacent to an activating group) is 1. The van der Waals surface area contributed by atoms with E-state index in [9.17, 15) is 14.0 Å². The Morgan fingerprint density at radius 2 is 1.73 bits per heavy atom. The number of fused-ring (bicyclic) bond motifs is 1. The highest BCUT2D eigenvalue weighted by atomic mass is 19.1. The summed E-state index contributed by atoms with van der Waals surface area (Å²) in [5.74, 6) is -1.34. The van der Waals surface area contributed by atoms with E-state index in [0.717, 1.165) is 11.3 Å². The Kier molecular flexibility index (Phi) is 6.30. The fourth-order valence-corrected chi connectivity index (χ4v) is 3.02. The molecule has 0 aliphatic carbocycles. The normalized spacial score (nSPS) is 10.7. The van der Waals surface area contributed by atoms with Crippen molar-refractivity contribution in [3.8, 4) is 0 Å². The summed E-state index contributed by atoms with van der Waals surface area (Å²) in [4.78, 5) is 32.6. The summed E-state index contributed by atoms with van der Waals surface area (Å²) in [6.45, 7) is 1.69. The first-order valence-electron chi connectivity index (χ1n) is 9.49. The van der Waals surface area contributed by atoms with Crippen LogP contribution in [-0.2, 0) is 16.1 Å². The first kappa shape index (κ1) is 21.2. The fourth-order valence-electron chi connectivity index (χ4n) is 3.02. The van der Waals surface area contributed by atoms with E-state index in [1.54, 1.807) is 26.1 Å². The molecule has 0 N–H and O–H groups in total. The lowest BCUT2D eigenvalue weighted by molar-refractivity contribution is -0.133. The molecule has 156 valence electrons. The maximum absolute atomic E-state index is 13.3. The predicted octanol–water partition coefficient (Wildman–Crippen LogP) is 3.56. The Bertz CT molecular complexity index is 1080. The first-order chi connectivity index (χ1) is 14.2. The Balaban J connectivity index is 1.61. The second-order valence-corrected chi connectivity index (χ2v) is 7.35. The van der Waals surface area contributed by atoms with E-state index >= 15 is 0 Å². The molecule has 1 heterocycles. The summed E-state index contributed by atoms with van der Waals surface area (Å²) in [5.41, 5.74) is 3.18. The van der Waals surface area contributed by atoms with E-state index in [0.29, 0.717) is 23.1 Å². The van der Waals surface area contributed by atoms with Crippen LogP contribution in [0.25, 0.3) is 10.9 Å². The highest BCUT2D eigenvalue weighted by molar-refractivity contribution is 5.96. The molecule has 1 aromatic heterocycles. The van der Waals surface area contributed by atoms with Gasteiger partial charge in [0.2, 0.25) is 0 Å². The van der Waals surface area contributed by atoms with Gasteiger partial charge in [0.05, 0.1) is 16.8 Å². The van der Waals surface area contributed by atoms with Crippen molar-refractivity contribution in [3.63, 3.8) is 0 Å². The molecule has 0 atom stereocenters.